The molecule has 2 amide bonds. The predicted octanol–water partition coefficient (Wildman–Crippen LogP) is 0.988. The molecule has 1 aromatic rings. The second-order valence-electron chi connectivity index (χ2n) is 6.72. The lowest BCUT2D eigenvalue weighted by molar-refractivity contribution is -0.137. The Balaban J connectivity index is 1.75. The van der Waals surface area contributed by atoms with Gasteiger partial charge in [0.1, 0.15) is 0 Å². The van der Waals surface area contributed by atoms with Gasteiger partial charge in [-0.05, 0) is 33.0 Å². The van der Waals surface area contributed by atoms with Crippen molar-refractivity contribution in [1.29, 1.82) is 0 Å². The SMILES string of the molecule is CN(C)CCN1C(=O)CC[C@@H]2[C@H]1CCN2C(=O)c1ccnc(F)c1. The van der Waals surface area contributed by atoms with E-state index in [0.29, 0.717) is 31.5 Å². The molecule has 2 atom stereocenters. The number of pyridine rings is 1. The average molecular weight is 334 g/mol. The van der Waals surface area contributed by atoms with E-state index in [-0.39, 0.29) is 23.9 Å². The quantitative estimate of drug-likeness (QED) is 0.771. The molecule has 24 heavy (non-hydrogen) atoms. The number of halogens is 1. The smallest absolute Gasteiger partial charge is 0.254 e. The number of rotatable bonds is 4. The zero-order valence-electron chi connectivity index (χ0n) is 14.1. The van der Waals surface area contributed by atoms with Gasteiger partial charge in [-0.1, -0.05) is 0 Å². The summed E-state index contributed by atoms with van der Waals surface area (Å²) >= 11 is 0. The number of likely N-dealkylation sites (N-methyl/N-ethyl adjacent to an activating group) is 1. The Morgan fingerprint density at radius 3 is 2.88 bits per heavy atom. The lowest BCUT2D eigenvalue weighted by Gasteiger charge is -2.40. The van der Waals surface area contributed by atoms with Crippen LogP contribution in [0.1, 0.15) is 29.6 Å². The number of carbonyl (C=O) groups excluding carboxylic acids is 2. The average Bonchev–Trinajstić information content (AvgIpc) is 2.97. The molecule has 130 valence electrons. The van der Waals surface area contributed by atoms with Gasteiger partial charge >= 0.3 is 0 Å². The van der Waals surface area contributed by atoms with Crippen LogP contribution in [0.3, 0.4) is 0 Å². The maximum Gasteiger partial charge on any atom is 0.254 e. The summed E-state index contributed by atoms with van der Waals surface area (Å²) in [5.41, 5.74) is 0.319. The second kappa shape index (κ2) is 6.84. The van der Waals surface area contributed by atoms with Gasteiger partial charge in [-0.25, -0.2) is 4.98 Å². The fourth-order valence-electron chi connectivity index (χ4n) is 3.70. The Morgan fingerprint density at radius 1 is 1.38 bits per heavy atom. The van der Waals surface area contributed by atoms with Crippen LogP contribution in [0.4, 0.5) is 4.39 Å². The second-order valence-corrected chi connectivity index (χ2v) is 6.72. The Kier molecular flexibility index (Phi) is 4.80. The fraction of sp³-hybridized carbons (Fsp3) is 0.588. The van der Waals surface area contributed by atoms with Crippen molar-refractivity contribution in [3.63, 3.8) is 0 Å². The number of carbonyl (C=O) groups is 2. The highest BCUT2D eigenvalue weighted by Crippen LogP contribution is 2.32. The number of likely N-dealkylation sites (tertiary alicyclic amines) is 2. The van der Waals surface area contributed by atoms with Crippen LogP contribution < -0.4 is 0 Å². The molecule has 0 spiro atoms. The van der Waals surface area contributed by atoms with Gasteiger partial charge in [0.2, 0.25) is 11.9 Å². The van der Waals surface area contributed by atoms with Crippen molar-refractivity contribution < 1.29 is 14.0 Å². The van der Waals surface area contributed by atoms with E-state index >= 15 is 0 Å². The maximum absolute atomic E-state index is 13.3. The van der Waals surface area contributed by atoms with Crippen molar-refractivity contribution in [3.8, 4) is 0 Å². The van der Waals surface area contributed by atoms with E-state index in [2.05, 4.69) is 9.88 Å². The Bertz CT molecular complexity index is 637. The third-order valence-electron chi connectivity index (χ3n) is 4.91. The first-order valence-electron chi connectivity index (χ1n) is 8.34. The Morgan fingerprint density at radius 2 is 2.17 bits per heavy atom. The molecule has 0 saturated carbocycles. The van der Waals surface area contributed by atoms with Crippen molar-refractivity contribution in [3.05, 3.63) is 29.8 Å². The van der Waals surface area contributed by atoms with E-state index in [1.165, 1.54) is 18.3 Å². The summed E-state index contributed by atoms with van der Waals surface area (Å²) < 4.78 is 13.3. The molecular formula is C17H23FN4O2. The first-order valence-corrected chi connectivity index (χ1v) is 8.34. The number of fused-ring (bicyclic) bond motifs is 1. The molecule has 2 aliphatic heterocycles. The molecule has 6 nitrogen and oxygen atoms in total. The highest BCUT2D eigenvalue weighted by molar-refractivity contribution is 5.94. The molecule has 0 aliphatic carbocycles. The van der Waals surface area contributed by atoms with Crippen LogP contribution in [-0.4, -0.2) is 77.3 Å². The lowest BCUT2D eigenvalue weighted by Crippen LogP contribution is -2.54. The third kappa shape index (κ3) is 3.26. The van der Waals surface area contributed by atoms with Crippen LogP contribution in [0.5, 0.6) is 0 Å². The molecule has 0 N–H and O–H groups in total. The van der Waals surface area contributed by atoms with E-state index in [9.17, 15) is 14.0 Å². The van der Waals surface area contributed by atoms with Crippen LogP contribution in [0, 0.1) is 5.95 Å². The molecule has 7 heteroatoms. The van der Waals surface area contributed by atoms with E-state index in [1.54, 1.807) is 4.90 Å². The molecule has 0 aromatic carbocycles. The van der Waals surface area contributed by atoms with Gasteiger partial charge in [0.15, 0.2) is 0 Å². The van der Waals surface area contributed by atoms with Crippen molar-refractivity contribution in [2.45, 2.75) is 31.3 Å². The highest BCUT2D eigenvalue weighted by Gasteiger charge is 2.44. The zero-order chi connectivity index (χ0) is 17.3. The van der Waals surface area contributed by atoms with E-state index < -0.39 is 5.95 Å². The largest absolute Gasteiger partial charge is 0.336 e. The molecule has 0 radical (unpaired) electrons. The van der Waals surface area contributed by atoms with Crippen molar-refractivity contribution in [1.82, 2.24) is 19.7 Å². The first-order chi connectivity index (χ1) is 11.5. The van der Waals surface area contributed by atoms with E-state index in [0.717, 1.165) is 13.0 Å². The standard InChI is InChI=1S/C17H23FN4O2/c1-20(2)9-10-21-14-6-8-22(13(14)3-4-16(21)23)17(24)12-5-7-19-15(18)11-12/h5,7,11,13-14H,3-4,6,8-10H2,1-2H3/t13-,14-/m1/s1. The minimum atomic E-state index is -0.650. The number of aromatic nitrogens is 1. The monoisotopic (exact) mass is 334 g/mol. The molecule has 1 aromatic heterocycles. The molecule has 3 heterocycles. The summed E-state index contributed by atoms with van der Waals surface area (Å²) in [7, 11) is 3.96. The summed E-state index contributed by atoms with van der Waals surface area (Å²) in [6, 6.07) is 2.81. The number of piperidine rings is 1. The number of hydrogen-bond acceptors (Lipinski definition) is 4. The molecule has 0 bridgehead atoms. The highest BCUT2D eigenvalue weighted by atomic mass is 19.1. The number of amides is 2. The molecule has 3 rings (SSSR count). The zero-order valence-corrected chi connectivity index (χ0v) is 14.1. The Labute approximate surface area is 141 Å². The van der Waals surface area contributed by atoms with Gasteiger partial charge < -0.3 is 14.7 Å². The summed E-state index contributed by atoms with van der Waals surface area (Å²) in [5.74, 6) is -0.656. The predicted molar refractivity (Wildman–Crippen MR) is 86.9 cm³/mol. The summed E-state index contributed by atoms with van der Waals surface area (Å²) in [6.45, 7) is 2.08. The fourth-order valence-corrected chi connectivity index (χ4v) is 3.70. The molecular weight excluding hydrogens is 311 g/mol. The van der Waals surface area contributed by atoms with Crippen LogP contribution in [-0.2, 0) is 4.79 Å². The van der Waals surface area contributed by atoms with Crippen LogP contribution in [0.25, 0.3) is 0 Å². The molecule has 0 unspecified atom stereocenters. The number of hydrogen-bond donors (Lipinski definition) is 0. The summed E-state index contributed by atoms with van der Waals surface area (Å²) in [4.78, 5) is 34.3. The molecule has 2 saturated heterocycles. The van der Waals surface area contributed by atoms with Gasteiger partial charge in [0, 0.05) is 43.9 Å². The van der Waals surface area contributed by atoms with Crippen LogP contribution in [0.15, 0.2) is 18.3 Å². The van der Waals surface area contributed by atoms with E-state index in [1.807, 2.05) is 19.0 Å². The van der Waals surface area contributed by atoms with Gasteiger partial charge in [-0.3, -0.25) is 9.59 Å². The van der Waals surface area contributed by atoms with Gasteiger partial charge in [-0.2, -0.15) is 4.39 Å². The van der Waals surface area contributed by atoms with Crippen LogP contribution >= 0.6 is 0 Å². The summed E-state index contributed by atoms with van der Waals surface area (Å²) in [5, 5.41) is 0. The molecule has 2 aliphatic rings. The van der Waals surface area contributed by atoms with Gasteiger partial charge in [-0.15, -0.1) is 0 Å². The number of nitrogens with zero attached hydrogens (tertiary/aromatic N) is 4. The normalized spacial score (nSPS) is 23.8. The minimum Gasteiger partial charge on any atom is -0.336 e. The Hall–Kier alpha value is -2.02. The first kappa shape index (κ1) is 16.8. The topological polar surface area (TPSA) is 56.8 Å². The molecule has 2 fully saturated rings. The van der Waals surface area contributed by atoms with Crippen molar-refractivity contribution >= 4 is 11.8 Å². The summed E-state index contributed by atoms with van der Waals surface area (Å²) in [6.07, 6.45) is 3.23. The maximum atomic E-state index is 13.3. The van der Waals surface area contributed by atoms with Gasteiger partial charge in [0.25, 0.3) is 5.91 Å². The lowest BCUT2D eigenvalue weighted by atomic mass is 9.96. The van der Waals surface area contributed by atoms with E-state index in [4.69, 9.17) is 0 Å². The van der Waals surface area contributed by atoms with Crippen molar-refractivity contribution in [2.24, 2.45) is 0 Å². The van der Waals surface area contributed by atoms with Gasteiger partial charge in [0.05, 0.1) is 12.1 Å². The van der Waals surface area contributed by atoms with Crippen LogP contribution in [0.2, 0.25) is 0 Å². The third-order valence-corrected chi connectivity index (χ3v) is 4.91. The van der Waals surface area contributed by atoms with Crippen molar-refractivity contribution in [2.75, 3.05) is 33.7 Å². The minimum absolute atomic E-state index is 0.0218.